The number of aliphatic hydroxyl groups is 1. The van der Waals surface area contributed by atoms with Gasteiger partial charge in [-0.1, -0.05) is 212 Å². The van der Waals surface area contributed by atoms with Crippen LogP contribution in [-0.2, 0) is 42.2 Å². The van der Waals surface area contributed by atoms with Crippen LogP contribution in [0.1, 0.15) is 213 Å². The van der Waals surface area contributed by atoms with Gasteiger partial charge in [-0.3, -0.25) is 23.4 Å². The lowest BCUT2D eigenvalue weighted by molar-refractivity contribution is -0.161. The van der Waals surface area contributed by atoms with E-state index in [1.165, 1.54) is 0 Å². The molecule has 0 rings (SSSR count). The van der Waals surface area contributed by atoms with Crippen molar-refractivity contribution in [1.29, 1.82) is 0 Å². The van der Waals surface area contributed by atoms with Gasteiger partial charge in [0.15, 0.2) is 6.10 Å². The Bertz CT molecular complexity index is 1780. The Morgan fingerprint density at radius 2 is 0.711 bits per heavy atom. The van der Waals surface area contributed by atoms with Crippen molar-refractivity contribution < 1.29 is 52.2 Å². The second-order valence-corrected chi connectivity index (χ2v) is 20.1. The number of aliphatic hydroxyl groups excluding tert-OH is 1. The zero-order chi connectivity index (χ0) is 55.5. The summed E-state index contributed by atoms with van der Waals surface area (Å²) in [6.45, 7) is 4.23. The second-order valence-electron chi connectivity index (χ2n) is 18.7. The van der Waals surface area contributed by atoms with Crippen molar-refractivity contribution in [1.82, 2.24) is 0 Å². The van der Waals surface area contributed by atoms with E-state index >= 15 is 0 Å². The molecule has 0 aromatic heterocycles. The summed E-state index contributed by atoms with van der Waals surface area (Å²) in [6.07, 6.45) is 71.4. The molecule has 0 bridgehead atoms. The molecule has 0 aliphatic rings. The molecule has 3 atom stereocenters. The van der Waals surface area contributed by atoms with Gasteiger partial charge in [0.25, 0.3) is 0 Å². The highest BCUT2D eigenvalue weighted by atomic mass is 31.2. The van der Waals surface area contributed by atoms with E-state index in [-0.39, 0.29) is 25.9 Å². The minimum atomic E-state index is -4.78. The van der Waals surface area contributed by atoms with Crippen molar-refractivity contribution in [3.8, 4) is 0 Å². The molecule has 0 aliphatic carbocycles. The van der Waals surface area contributed by atoms with Gasteiger partial charge in [-0.15, -0.1) is 0 Å². The molecule has 12 heteroatoms. The molecule has 0 spiro atoms. The molecule has 0 aliphatic heterocycles. The number of hydrogen-bond donors (Lipinski definition) is 2. The predicted octanol–water partition coefficient (Wildman–Crippen LogP) is 17.4. The minimum Gasteiger partial charge on any atom is -0.462 e. The lowest BCUT2D eigenvalue weighted by Gasteiger charge is -2.21. The summed E-state index contributed by atoms with van der Waals surface area (Å²) in [5.74, 6) is -1.61. The van der Waals surface area contributed by atoms with Gasteiger partial charge >= 0.3 is 25.7 Å². The molecule has 0 heterocycles. The van der Waals surface area contributed by atoms with Crippen LogP contribution >= 0.6 is 7.82 Å². The molecule has 11 nitrogen and oxygen atoms in total. The van der Waals surface area contributed by atoms with Crippen molar-refractivity contribution in [2.24, 2.45) is 0 Å². The predicted molar refractivity (Wildman–Crippen MR) is 316 cm³/mol. The first-order valence-corrected chi connectivity index (χ1v) is 30.6. The van der Waals surface area contributed by atoms with Crippen LogP contribution < -0.4 is 0 Å². The smallest absolute Gasteiger partial charge is 0.462 e. The van der Waals surface area contributed by atoms with Crippen molar-refractivity contribution in [2.45, 2.75) is 226 Å². The molecule has 0 aromatic carbocycles. The van der Waals surface area contributed by atoms with Gasteiger partial charge < -0.3 is 24.2 Å². The Balaban J connectivity index is 4.88. The van der Waals surface area contributed by atoms with Crippen LogP contribution in [0.15, 0.2) is 134 Å². The van der Waals surface area contributed by atoms with E-state index in [1.54, 1.807) is 0 Å². The molecule has 430 valence electrons. The first-order chi connectivity index (χ1) is 37.2. The number of unbranched alkanes of at least 4 members (excludes halogenated alkanes) is 13. The van der Waals surface area contributed by atoms with E-state index in [1.807, 2.05) is 12.2 Å². The Hall–Kier alpha value is -4.38. The highest BCUT2D eigenvalue weighted by Gasteiger charge is 2.28. The molecule has 0 saturated carbocycles. The molecule has 0 radical (unpaired) electrons. The quantitative estimate of drug-likeness (QED) is 0.0197. The molecular formula is C64H103O11P. The van der Waals surface area contributed by atoms with Gasteiger partial charge in [0, 0.05) is 19.3 Å². The van der Waals surface area contributed by atoms with Crippen LogP contribution in [0.25, 0.3) is 0 Å². The van der Waals surface area contributed by atoms with Gasteiger partial charge in [0.2, 0.25) is 0 Å². The third kappa shape index (κ3) is 54.4. The average molecular weight is 1080 g/mol. The first kappa shape index (κ1) is 71.6. The highest BCUT2D eigenvalue weighted by Crippen LogP contribution is 2.43. The first-order valence-electron chi connectivity index (χ1n) is 29.1. The van der Waals surface area contributed by atoms with Gasteiger partial charge in [-0.25, -0.2) is 4.57 Å². The standard InChI is InChI=1S/C64H103O11P/c1-4-7-10-13-16-19-22-25-27-29-30-32-33-36-38-41-44-47-50-53-62(66)71-57-61(75-64(68)55-52-49-46-43-40-37-34-31-28-26-23-20-17-14-11-8-5-2)59-73-76(69,70)72-58-60(56-65)74-63(67)54-51-48-45-42-39-35-24-21-18-15-12-9-6-3/h7-8,10-12,15-17,19-21,24-28,30,32,36,38,44,47,60-61,65H,4-6,9,13-14,18,22-23,29,31,33-35,37,39-43,45-46,48-59H2,1-3H3,(H,69,70)/b10-7-,11-8-,15-12-,19-16-,20-17-,24-21-,27-25-,28-26-,32-30-,38-36-,47-44-. The fraction of sp³-hybridized carbons (Fsp3) is 0.609. The Morgan fingerprint density at radius 1 is 0.382 bits per heavy atom. The molecule has 2 N–H and O–H groups in total. The Morgan fingerprint density at radius 3 is 1.11 bits per heavy atom. The van der Waals surface area contributed by atoms with Gasteiger partial charge in [-0.05, 0) is 116 Å². The largest absolute Gasteiger partial charge is 0.472 e. The third-order valence-corrected chi connectivity index (χ3v) is 12.5. The normalized spacial score (nSPS) is 14.3. The summed E-state index contributed by atoms with van der Waals surface area (Å²) in [7, 11) is -4.78. The molecule has 76 heavy (non-hydrogen) atoms. The van der Waals surface area contributed by atoms with Gasteiger partial charge in [0.05, 0.1) is 19.8 Å². The number of phosphoric ester groups is 1. The topological polar surface area (TPSA) is 155 Å². The van der Waals surface area contributed by atoms with E-state index < -0.39 is 57.8 Å². The number of phosphoric acid groups is 1. The van der Waals surface area contributed by atoms with Crippen LogP contribution in [0.5, 0.6) is 0 Å². The molecule has 3 unspecified atom stereocenters. The summed E-state index contributed by atoms with van der Waals surface area (Å²) >= 11 is 0. The van der Waals surface area contributed by atoms with Gasteiger partial charge in [0.1, 0.15) is 12.7 Å². The maximum absolute atomic E-state index is 12.9. The minimum absolute atomic E-state index is 0.0911. The van der Waals surface area contributed by atoms with E-state index in [2.05, 4.69) is 142 Å². The summed E-state index contributed by atoms with van der Waals surface area (Å²) < 4.78 is 39.4. The zero-order valence-corrected chi connectivity index (χ0v) is 48.3. The van der Waals surface area contributed by atoms with E-state index in [0.717, 1.165) is 154 Å². The third-order valence-electron chi connectivity index (χ3n) is 11.5. The Labute approximate surface area is 461 Å². The molecule has 0 fully saturated rings. The van der Waals surface area contributed by atoms with E-state index in [9.17, 15) is 28.9 Å². The van der Waals surface area contributed by atoms with E-state index in [4.69, 9.17) is 23.3 Å². The highest BCUT2D eigenvalue weighted by molar-refractivity contribution is 7.47. The lowest BCUT2D eigenvalue weighted by Crippen LogP contribution is -2.30. The molecule has 0 saturated heterocycles. The number of carbonyl (C=O) groups excluding carboxylic acids is 3. The Kier molecular flexibility index (Phi) is 53.5. The van der Waals surface area contributed by atoms with Crippen LogP contribution in [0, 0.1) is 0 Å². The van der Waals surface area contributed by atoms with Crippen LogP contribution in [0.4, 0.5) is 0 Å². The van der Waals surface area contributed by atoms with Crippen LogP contribution in [0.2, 0.25) is 0 Å². The zero-order valence-electron chi connectivity index (χ0n) is 47.4. The summed E-state index contributed by atoms with van der Waals surface area (Å²) in [4.78, 5) is 48.5. The van der Waals surface area contributed by atoms with Crippen molar-refractivity contribution >= 4 is 25.7 Å². The molecule has 0 amide bonds. The number of esters is 3. The molecule has 0 aromatic rings. The number of carbonyl (C=O) groups is 3. The summed E-state index contributed by atoms with van der Waals surface area (Å²) in [5.41, 5.74) is 0. The van der Waals surface area contributed by atoms with Crippen molar-refractivity contribution in [2.75, 3.05) is 26.4 Å². The van der Waals surface area contributed by atoms with Gasteiger partial charge in [-0.2, -0.15) is 0 Å². The van der Waals surface area contributed by atoms with E-state index in [0.29, 0.717) is 19.3 Å². The van der Waals surface area contributed by atoms with Crippen molar-refractivity contribution in [3.05, 3.63) is 134 Å². The lowest BCUT2D eigenvalue weighted by atomic mass is 10.1. The van der Waals surface area contributed by atoms with Crippen molar-refractivity contribution in [3.63, 3.8) is 0 Å². The maximum atomic E-state index is 12.9. The fourth-order valence-electron chi connectivity index (χ4n) is 7.20. The number of rotatable bonds is 52. The fourth-order valence-corrected chi connectivity index (χ4v) is 7.98. The van der Waals surface area contributed by atoms with Crippen LogP contribution in [-0.4, -0.2) is 66.5 Å². The monoisotopic (exact) mass is 1080 g/mol. The summed E-state index contributed by atoms with van der Waals surface area (Å²) in [6, 6.07) is 0. The molecular weight excluding hydrogens is 976 g/mol. The second kappa shape index (κ2) is 56.8. The maximum Gasteiger partial charge on any atom is 0.472 e. The number of allylic oxidation sites excluding steroid dienone is 22. The number of hydrogen-bond acceptors (Lipinski definition) is 10. The number of ether oxygens (including phenoxy) is 3. The summed E-state index contributed by atoms with van der Waals surface area (Å²) in [5, 5.41) is 9.81. The SMILES string of the molecule is CC/C=C\C/C=C\C/C=C\C/C=C\C/C=C\C/C=C\CCC(=O)OCC(COP(=O)(O)OCC(CO)OC(=O)CCCCCCC/C=C\C/C=C\CCC)OC(=O)CCCCCCCCC/C=C\C/C=C\C/C=C\CC. The van der Waals surface area contributed by atoms with Crippen LogP contribution in [0.3, 0.4) is 0 Å². The average Bonchev–Trinajstić information content (AvgIpc) is 3.41.